The zero-order valence-corrected chi connectivity index (χ0v) is 13.8. The number of anilines is 3. The molecule has 4 aromatic rings. The second-order valence-electron chi connectivity index (χ2n) is 5.76. The molecule has 0 amide bonds. The van der Waals surface area contributed by atoms with Gasteiger partial charge in [-0.05, 0) is 47.5 Å². The van der Waals surface area contributed by atoms with Crippen LogP contribution in [0.4, 0.5) is 17.1 Å². The van der Waals surface area contributed by atoms with E-state index >= 15 is 0 Å². The third-order valence-electron chi connectivity index (χ3n) is 4.15. The van der Waals surface area contributed by atoms with Crippen molar-refractivity contribution in [3.63, 3.8) is 0 Å². The highest BCUT2D eigenvalue weighted by Crippen LogP contribution is 2.35. The Bertz CT molecular complexity index is 1010. The Morgan fingerprint density at radius 1 is 0.440 bits per heavy atom. The van der Waals surface area contributed by atoms with E-state index in [1.54, 1.807) is 0 Å². The molecule has 0 saturated heterocycles. The number of para-hydroxylation sites is 2. The largest absolute Gasteiger partial charge is 0.311 e. The molecular weight excluding hydrogens is 302 g/mol. The molecule has 0 saturated carbocycles. The van der Waals surface area contributed by atoms with Crippen molar-refractivity contribution in [2.75, 3.05) is 4.90 Å². The summed E-state index contributed by atoms with van der Waals surface area (Å²) >= 11 is 0. The van der Waals surface area contributed by atoms with Gasteiger partial charge in [0.25, 0.3) is 0 Å². The Balaban J connectivity index is 1.74. The lowest BCUT2D eigenvalue weighted by atomic mass is 10.0. The van der Waals surface area contributed by atoms with E-state index in [-0.39, 0.29) is 0 Å². The Labute approximate surface area is 151 Å². The molecule has 0 atom stereocenters. The molecule has 0 bridgehead atoms. The molecule has 0 aromatic heterocycles. The van der Waals surface area contributed by atoms with E-state index < -0.39 is 0 Å². The lowest BCUT2D eigenvalue weighted by Gasteiger charge is -2.25. The van der Waals surface area contributed by atoms with E-state index in [0.717, 1.165) is 28.2 Å². The lowest BCUT2D eigenvalue weighted by Crippen LogP contribution is -2.09. The zero-order valence-electron chi connectivity index (χ0n) is 15.8. The fourth-order valence-electron chi connectivity index (χ4n) is 2.93. The van der Waals surface area contributed by atoms with Crippen molar-refractivity contribution < 1.29 is 2.74 Å². The predicted molar refractivity (Wildman–Crippen MR) is 107 cm³/mol. The summed E-state index contributed by atoms with van der Waals surface area (Å²) in [5.41, 5.74) is 5.36. The molecule has 0 aliphatic rings. The van der Waals surface area contributed by atoms with Gasteiger partial charge in [-0.1, -0.05) is 78.8 Å². The van der Waals surface area contributed by atoms with Gasteiger partial charge in [-0.2, -0.15) is 0 Å². The summed E-state index contributed by atoms with van der Waals surface area (Å²) in [5, 5.41) is 0. The average molecular weight is 325 g/mol. The van der Waals surface area contributed by atoms with Crippen LogP contribution < -0.4 is 4.90 Å². The maximum absolute atomic E-state index is 7.75. The van der Waals surface area contributed by atoms with Gasteiger partial charge in [0.05, 0.1) is 2.74 Å². The minimum atomic E-state index is 0.500. The molecule has 1 heteroatoms. The number of benzene rings is 4. The Hall–Kier alpha value is -3.32. The van der Waals surface area contributed by atoms with Crippen LogP contribution >= 0.6 is 0 Å². The van der Waals surface area contributed by atoms with Gasteiger partial charge in [0.1, 0.15) is 0 Å². The van der Waals surface area contributed by atoms with Gasteiger partial charge in [0.2, 0.25) is 0 Å². The standard InChI is InChI=1S/C24H19N/c1-4-10-20(11-5-1)21-16-18-24(19-17-21)25(22-12-6-2-7-13-22)23-14-8-3-9-15-23/h1-19H/i1T,2T. The van der Waals surface area contributed by atoms with Crippen molar-refractivity contribution in [2.24, 2.45) is 0 Å². The van der Waals surface area contributed by atoms with Crippen molar-refractivity contribution in [1.82, 2.24) is 0 Å². The summed E-state index contributed by atoms with van der Waals surface area (Å²) in [7, 11) is 0. The first-order chi connectivity index (χ1) is 13.2. The summed E-state index contributed by atoms with van der Waals surface area (Å²) < 4.78 is 15.4. The van der Waals surface area contributed by atoms with Crippen molar-refractivity contribution in [3.8, 4) is 11.1 Å². The SMILES string of the molecule is [3H]c1ccc(-c2ccc(N(c3ccccc3)c3ccc([3H])cc3)cc2)cc1. The molecule has 4 rings (SSSR count). The normalized spacial score (nSPS) is 11.5. The third kappa shape index (κ3) is 3.31. The number of hydrogen-bond donors (Lipinski definition) is 0. The van der Waals surface area contributed by atoms with E-state index in [1.807, 2.05) is 66.7 Å². The van der Waals surface area contributed by atoms with Gasteiger partial charge in [-0.25, -0.2) is 0 Å². The second kappa shape index (κ2) is 7.06. The quantitative estimate of drug-likeness (QED) is 0.398. The highest BCUT2D eigenvalue weighted by molar-refractivity contribution is 5.78. The van der Waals surface area contributed by atoms with E-state index in [4.69, 9.17) is 2.74 Å². The molecular formula is C24H19N. The van der Waals surface area contributed by atoms with Gasteiger partial charge in [0.15, 0.2) is 0 Å². The number of hydrogen-bond acceptors (Lipinski definition) is 1. The molecule has 0 heterocycles. The van der Waals surface area contributed by atoms with Gasteiger partial charge in [0, 0.05) is 17.1 Å². The summed E-state index contributed by atoms with van der Waals surface area (Å²) in [6, 6.07) is 34.7. The molecule has 120 valence electrons. The molecule has 0 unspecified atom stereocenters. The second-order valence-corrected chi connectivity index (χ2v) is 5.76. The van der Waals surface area contributed by atoms with E-state index in [9.17, 15) is 0 Å². The van der Waals surface area contributed by atoms with Crippen LogP contribution in [-0.4, -0.2) is 0 Å². The van der Waals surface area contributed by atoms with Gasteiger partial charge in [-0.3, -0.25) is 0 Å². The lowest BCUT2D eigenvalue weighted by molar-refractivity contribution is 1.28. The van der Waals surface area contributed by atoms with Crippen LogP contribution in [0.1, 0.15) is 2.74 Å². The monoisotopic (exact) mass is 325 g/mol. The summed E-state index contributed by atoms with van der Waals surface area (Å²) in [5.74, 6) is 0. The van der Waals surface area contributed by atoms with Gasteiger partial charge in [-0.15, -0.1) is 0 Å². The minimum Gasteiger partial charge on any atom is -0.311 e. The molecule has 0 fully saturated rings. The Morgan fingerprint density at radius 3 is 1.48 bits per heavy atom. The molecule has 0 spiro atoms. The summed E-state index contributed by atoms with van der Waals surface area (Å²) in [6.07, 6.45) is 0. The summed E-state index contributed by atoms with van der Waals surface area (Å²) in [4.78, 5) is 2.18. The smallest absolute Gasteiger partial charge is 0.0623 e. The summed E-state index contributed by atoms with van der Waals surface area (Å²) in [6.45, 7) is 0. The predicted octanol–water partition coefficient (Wildman–Crippen LogP) is 6.82. The van der Waals surface area contributed by atoms with Crippen LogP contribution in [0.2, 0.25) is 0 Å². The molecule has 25 heavy (non-hydrogen) atoms. The average Bonchev–Trinajstić information content (AvgIpc) is 2.72. The number of rotatable bonds is 4. The maximum atomic E-state index is 7.75. The Kier molecular flexibility index (Phi) is 3.68. The Morgan fingerprint density at radius 2 is 0.880 bits per heavy atom. The first kappa shape index (κ1) is 13.0. The maximum Gasteiger partial charge on any atom is 0.0623 e. The van der Waals surface area contributed by atoms with E-state index in [2.05, 4.69) is 41.3 Å². The van der Waals surface area contributed by atoms with E-state index in [1.165, 1.54) is 0 Å². The topological polar surface area (TPSA) is 3.24 Å². The molecule has 1 nitrogen and oxygen atoms in total. The fraction of sp³-hybridized carbons (Fsp3) is 0. The minimum absolute atomic E-state index is 0.500. The van der Waals surface area contributed by atoms with Crippen LogP contribution in [-0.2, 0) is 0 Å². The molecule has 0 radical (unpaired) electrons. The molecule has 0 N–H and O–H groups in total. The molecule has 0 aliphatic carbocycles. The first-order valence-electron chi connectivity index (χ1n) is 9.30. The number of nitrogens with zero attached hydrogens (tertiary/aromatic N) is 1. The van der Waals surface area contributed by atoms with Gasteiger partial charge < -0.3 is 4.90 Å². The third-order valence-corrected chi connectivity index (χ3v) is 4.15. The zero-order chi connectivity index (χ0) is 18.6. The van der Waals surface area contributed by atoms with Crippen LogP contribution in [0, 0.1) is 0 Å². The van der Waals surface area contributed by atoms with Crippen LogP contribution in [0.25, 0.3) is 11.1 Å². The highest BCUT2D eigenvalue weighted by atomic mass is 15.1. The van der Waals surface area contributed by atoms with Crippen molar-refractivity contribution in [2.45, 2.75) is 0 Å². The fourth-order valence-corrected chi connectivity index (χ4v) is 2.93. The molecule has 4 aromatic carbocycles. The van der Waals surface area contributed by atoms with Crippen molar-refractivity contribution in [1.29, 1.82) is 0 Å². The highest BCUT2D eigenvalue weighted by Gasteiger charge is 2.11. The van der Waals surface area contributed by atoms with Crippen LogP contribution in [0.3, 0.4) is 0 Å². The molecule has 0 aliphatic heterocycles. The van der Waals surface area contributed by atoms with E-state index in [0.29, 0.717) is 12.1 Å². The van der Waals surface area contributed by atoms with Crippen molar-refractivity contribution >= 4 is 17.1 Å². The first-order valence-corrected chi connectivity index (χ1v) is 8.30. The van der Waals surface area contributed by atoms with Gasteiger partial charge >= 0.3 is 0 Å². The van der Waals surface area contributed by atoms with Crippen molar-refractivity contribution in [3.05, 3.63) is 115 Å². The van der Waals surface area contributed by atoms with Crippen LogP contribution in [0.5, 0.6) is 0 Å². The van der Waals surface area contributed by atoms with Crippen LogP contribution in [0.15, 0.2) is 115 Å².